The van der Waals surface area contributed by atoms with Gasteiger partial charge in [-0.2, -0.15) is 0 Å². The summed E-state index contributed by atoms with van der Waals surface area (Å²) in [5.74, 6) is -0.731. The highest BCUT2D eigenvalue weighted by Gasteiger charge is 2.18. The van der Waals surface area contributed by atoms with Gasteiger partial charge in [0.2, 0.25) is 0 Å². The maximum absolute atomic E-state index is 12.9. The van der Waals surface area contributed by atoms with Crippen molar-refractivity contribution < 1.29 is 14.3 Å². The molecule has 0 radical (unpaired) electrons. The molecule has 0 unspecified atom stereocenters. The number of ether oxygens (including phenoxy) is 1. The van der Waals surface area contributed by atoms with E-state index in [1.165, 1.54) is 19.3 Å². The van der Waals surface area contributed by atoms with Crippen LogP contribution in [0.1, 0.15) is 55.3 Å². The first kappa shape index (κ1) is 20.5. The lowest BCUT2D eigenvalue weighted by atomic mass is 9.97. The Morgan fingerprint density at radius 3 is 2.57 bits per heavy atom. The number of carbonyl (C=O) groups excluding carboxylic acids is 2. The fourth-order valence-electron chi connectivity index (χ4n) is 3.97. The Balaban J connectivity index is 1.45. The first-order valence-electron chi connectivity index (χ1n) is 10.6. The summed E-state index contributed by atoms with van der Waals surface area (Å²) in [7, 11) is 0. The maximum Gasteiger partial charge on any atom is 0.339 e. The van der Waals surface area contributed by atoms with Crippen molar-refractivity contribution in [3.8, 4) is 10.6 Å². The topological polar surface area (TPSA) is 68.3 Å². The Morgan fingerprint density at radius 1 is 1.03 bits per heavy atom. The van der Waals surface area contributed by atoms with Crippen molar-refractivity contribution >= 4 is 34.1 Å². The number of esters is 1. The predicted octanol–water partition coefficient (Wildman–Crippen LogP) is 5.35. The number of nitrogens with zero attached hydrogens (tertiary/aromatic N) is 1. The number of rotatable bonds is 5. The van der Waals surface area contributed by atoms with Crippen LogP contribution in [0.15, 0.2) is 47.8 Å². The van der Waals surface area contributed by atoms with E-state index < -0.39 is 5.97 Å². The fourth-order valence-corrected chi connectivity index (χ4v) is 4.66. The van der Waals surface area contributed by atoms with Crippen molar-refractivity contribution in [2.45, 2.75) is 51.0 Å². The molecule has 30 heavy (non-hydrogen) atoms. The van der Waals surface area contributed by atoms with Gasteiger partial charge in [0.25, 0.3) is 5.91 Å². The molecular weight excluding hydrogens is 396 g/mol. The van der Waals surface area contributed by atoms with E-state index in [1.807, 2.05) is 41.8 Å². The molecule has 4 rings (SSSR count). The molecule has 2 heterocycles. The average molecular weight is 423 g/mol. The van der Waals surface area contributed by atoms with E-state index in [9.17, 15) is 9.59 Å². The molecule has 5 nitrogen and oxygen atoms in total. The van der Waals surface area contributed by atoms with E-state index in [4.69, 9.17) is 4.74 Å². The molecule has 1 N–H and O–H groups in total. The van der Waals surface area contributed by atoms with Crippen molar-refractivity contribution in [2.24, 2.45) is 0 Å². The van der Waals surface area contributed by atoms with Gasteiger partial charge in [0.1, 0.15) is 0 Å². The molecule has 3 aromatic rings. The van der Waals surface area contributed by atoms with Crippen molar-refractivity contribution in [3.05, 3.63) is 53.4 Å². The molecule has 0 atom stereocenters. The minimum atomic E-state index is -0.501. The second-order valence-electron chi connectivity index (χ2n) is 7.74. The molecule has 2 aromatic heterocycles. The van der Waals surface area contributed by atoms with Crippen molar-refractivity contribution in [1.82, 2.24) is 10.3 Å². The lowest BCUT2D eigenvalue weighted by Crippen LogP contribution is -2.38. The van der Waals surface area contributed by atoms with Gasteiger partial charge in [-0.25, -0.2) is 9.78 Å². The zero-order valence-electron chi connectivity index (χ0n) is 16.9. The third-order valence-corrected chi connectivity index (χ3v) is 6.41. The Hall–Kier alpha value is -2.73. The Kier molecular flexibility index (Phi) is 6.74. The number of pyridine rings is 1. The molecule has 0 spiro atoms. The first-order chi connectivity index (χ1) is 14.7. The number of hydrogen-bond acceptors (Lipinski definition) is 5. The monoisotopic (exact) mass is 422 g/mol. The summed E-state index contributed by atoms with van der Waals surface area (Å²) in [4.78, 5) is 30.9. The fraction of sp³-hybridized carbons (Fsp3) is 0.375. The number of amides is 1. The van der Waals surface area contributed by atoms with Crippen LogP contribution in [0.3, 0.4) is 0 Å². The molecule has 6 heteroatoms. The van der Waals surface area contributed by atoms with Gasteiger partial charge >= 0.3 is 5.97 Å². The highest BCUT2D eigenvalue weighted by molar-refractivity contribution is 7.13. The quantitative estimate of drug-likeness (QED) is 0.563. The summed E-state index contributed by atoms with van der Waals surface area (Å²) in [6.45, 7) is -0.264. The van der Waals surface area contributed by atoms with Crippen LogP contribution in [-0.2, 0) is 9.53 Å². The van der Waals surface area contributed by atoms with Crippen LogP contribution >= 0.6 is 11.3 Å². The summed E-state index contributed by atoms with van der Waals surface area (Å²) in [6.07, 6.45) is 8.01. The van der Waals surface area contributed by atoms with Crippen molar-refractivity contribution in [3.63, 3.8) is 0 Å². The normalized spacial score (nSPS) is 15.3. The van der Waals surface area contributed by atoms with Gasteiger partial charge in [0.05, 0.1) is 21.7 Å². The molecule has 1 aliphatic rings. The minimum absolute atomic E-state index is 0.184. The number of benzene rings is 1. The van der Waals surface area contributed by atoms with E-state index in [0.717, 1.165) is 47.2 Å². The minimum Gasteiger partial charge on any atom is -0.452 e. The molecule has 1 aromatic carbocycles. The van der Waals surface area contributed by atoms with E-state index in [2.05, 4.69) is 10.3 Å². The van der Waals surface area contributed by atoms with Crippen LogP contribution in [0.25, 0.3) is 21.5 Å². The zero-order chi connectivity index (χ0) is 20.8. The number of nitrogens with one attached hydrogen (secondary N) is 1. The van der Waals surface area contributed by atoms with Gasteiger partial charge in [-0.3, -0.25) is 4.79 Å². The standard InChI is InChI=1S/C24H26N2O3S/c27-23(25-17-9-4-2-1-3-5-10-17)16-29-24(28)19-15-21(22-13-8-14-30-22)26-20-12-7-6-11-18(19)20/h6-8,11-15,17H,1-5,9-10,16H2,(H,25,27). The molecule has 0 bridgehead atoms. The molecule has 0 aliphatic heterocycles. The summed E-state index contributed by atoms with van der Waals surface area (Å²) in [5.41, 5.74) is 1.90. The summed E-state index contributed by atoms with van der Waals surface area (Å²) >= 11 is 1.57. The molecular formula is C24H26N2O3S. The summed E-state index contributed by atoms with van der Waals surface area (Å²) in [5, 5.41) is 5.74. The summed E-state index contributed by atoms with van der Waals surface area (Å²) in [6, 6.07) is 13.4. The van der Waals surface area contributed by atoms with Crippen LogP contribution in [0.5, 0.6) is 0 Å². The Bertz CT molecular complexity index is 1010. The molecule has 156 valence electrons. The van der Waals surface area contributed by atoms with Crippen LogP contribution < -0.4 is 5.32 Å². The van der Waals surface area contributed by atoms with Crippen molar-refractivity contribution in [1.29, 1.82) is 0 Å². The van der Waals surface area contributed by atoms with E-state index in [0.29, 0.717) is 5.56 Å². The van der Waals surface area contributed by atoms with E-state index in [1.54, 1.807) is 17.4 Å². The third kappa shape index (κ3) is 5.05. The molecule has 1 saturated carbocycles. The summed E-state index contributed by atoms with van der Waals surface area (Å²) < 4.78 is 5.39. The van der Waals surface area contributed by atoms with Gasteiger partial charge in [-0.05, 0) is 36.4 Å². The third-order valence-electron chi connectivity index (χ3n) is 5.51. The molecule has 1 fully saturated rings. The van der Waals surface area contributed by atoms with Crippen LogP contribution in [0.4, 0.5) is 0 Å². The Labute approximate surface area is 180 Å². The van der Waals surface area contributed by atoms with E-state index in [-0.39, 0.29) is 18.6 Å². The number of thiophene rings is 1. The molecule has 0 saturated heterocycles. The van der Waals surface area contributed by atoms with Gasteiger partial charge in [-0.15, -0.1) is 11.3 Å². The number of fused-ring (bicyclic) bond motifs is 1. The number of para-hydroxylation sites is 1. The predicted molar refractivity (Wildman–Crippen MR) is 120 cm³/mol. The molecule has 1 aliphatic carbocycles. The first-order valence-corrected chi connectivity index (χ1v) is 11.5. The second-order valence-corrected chi connectivity index (χ2v) is 8.68. The number of aromatic nitrogens is 1. The average Bonchev–Trinajstić information content (AvgIpc) is 3.28. The highest BCUT2D eigenvalue weighted by Crippen LogP contribution is 2.28. The number of hydrogen-bond donors (Lipinski definition) is 1. The SMILES string of the molecule is O=C(COC(=O)c1cc(-c2cccs2)nc2ccccc12)NC1CCCCCCC1. The van der Waals surface area contributed by atoms with Crippen molar-refractivity contribution in [2.75, 3.05) is 6.61 Å². The van der Waals surface area contributed by atoms with Gasteiger partial charge < -0.3 is 10.1 Å². The number of carbonyl (C=O) groups is 2. The van der Waals surface area contributed by atoms with Crippen LogP contribution in [0.2, 0.25) is 0 Å². The van der Waals surface area contributed by atoms with Crippen LogP contribution in [0, 0.1) is 0 Å². The van der Waals surface area contributed by atoms with Crippen LogP contribution in [-0.4, -0.2) is 29.5 Å². The van der Waals surface area contributed by atoms with Gasteiger partial charge in [-0.1, -0.05) is 56.4 Å². The van der Waals surface area contributed by atoms with Gasteiger partial charge in [0, 0.05) is 11.4 Å². The second kappa shape index (κ2) is 9.85. The lowest BCUT2D eigenvalue weighted by molar-refractivity contribution is -0.125. The largest absolute Gasteiger partial charge is 0.452 e. The Morgan fingerprint density at radius 2 is 1.80 bits per heavy atom. The zero-order valence-corrected chi connectivity index (χ0v) is 17.7. The molecule has 1 amide bonds. The maximum atomic E-state index is 12.9. The van der Waals surface area contributed by atoms with Gasteiger partial charge in [0.15, 0.2) is 6.61 Å². The lowest BCUT2D eigenvalue weighted by Gasteiger charge is -2.21. The van der Waals surface area contributed by atoms with E-state index >= 15 is 0 Å². The smallest absolute Gasteiger partial charge is 0.339 e. The highest BCUT2D eigenvalue weighted by atomic mass is 32.1.